The minimum atomic E-state index is -0.144. The van der Waals surface area contributed by atoms with Crippen LogP contribution < -0.4 is 0 Å². The molecule has 2 aromatic rings. The lowest BCUT2D eigenvalue weighted by atomic mass is 9.78. The fourth-order valence-electron chi connectivity index (χ4n) is 5.24. The molecule has 1 N–H and O–H groups in total. The first-order chi connectivity index (χ1) is 15.0. The van der Waals surface area contributed by atoms with Crippen molar-refractivity contribution < 1.29 is 9.84 Å². The van der Waals surface area contributed by atoms with Crippen LogP contribution in [0, 0.1) is 0 Å². The Labute approximate surface area is 210 Å². The molecule has 4 rings (SSSR count). The highest BCUT2D eigenvalue weighted by atomic mass is 35.5. The Morgan fingerprint density at radius 1 is 0.939 bits per heavy atom. The second-order valence-electron chi connectivity index (χ2n) is 11.6. The predicted octanol–water partition coefficient (Wildman–Crippen LogP) is 7.02. The maximum atomic E-state index is 11.1. The summed E-state index contributed by atoms with van der Waals surface area (Å²) in [6, 6.07) is 4.31. The van der Waals surface area contributed by atoms with Crippen LogP contribution in [0.2, 0.25) is 0 Å². The number of ether oxygens (including phenoxy) is 1. The lowest BCUT2D eigenvalue weighted by molar-refractivity contribution is -0.0402. The summed E-state index contributed by atoms with van der Waals surface area (Å²) in [4.78, 5) is 7.96. The molecule has 2 saturated heterocycles. The Morgan fingerprint density at radius 2 is 1.48 bits per heavy atom. The molecule has 2 fully saturated rings. The first-order valence-corrected chi connectivity index (χ1v) is 13.1. The number of phenols is 1. The molecular weight excluding hydrogens is 452 g/mol. The number of aromatic hydroxyl groups is 1. The molecule has 33 heavy (non-hydrogen) atoms. The molecule has 0 radical (unpaired) electrons. The number of thiazole rings is 1. The molecule has 0 amide bonds. The highest BCUT2D eigenvalue weighted by Gasteiger charge is 2.43. The minimum Gasteiger partial charge on any atom is -0.507 e. The maximum Gasteiger partial charge on any atom is 0.123 e. The van der Waals surface area contributed by atoms with E-state index in [4.69, 9.17) is 9.72 Å². The molecular formula is C27H41ClN2O2S. The zero-order valence-electron chi connectivity index (χ0n) is 21.2. The zero-order chi connectivity index (χ0) is 23.1. The van der Waals surface area contributed by atoms with Crippen molar-refractivity contribution in [3.8, 4) is 17.0 Å². The average molecular weight is 493 g/mol. The lowest BCUT2D eigenvalue weighted by Gasteiger charge is -2.46. The molecule has 2 aliphatic rings. The molecule has 0 saturated carbocycles. The van der Waals surface area contributed by atoms with Crippen LogP contribution in [-0.4, -0.2) is 41.3 Å². The van der Waals surface area contributed by atoms with Crippen molar-refractivity contribution in [3.63, 3.8) is 0 Å². The minimum absolute atomic E-state index is 0. The summed E-state index contributed by atoms with van der Waals surface area (Å²) in [6.45, 7) is 16.9. The van der Waals surface area contributed by atoms with E-state index in [0.29, 0.717) is 5.75 Å². The molecule has 1 aromatic carbocycles. The molecule has 1 aromatic heterocycles. The average Bonchev–Trinajstić information content (AvgIpc) is 3.24. The molecule has 3 heterocycles. The van der Waals surface area contributed by atoms with Gasteiger partial charge in [0, 0.05) is 35.3 Å². The summed E-state index contributed by atoms with van der Waals surface area (Å²) in [7, 11) is 0. The number of likely N-dealkylation sites (tertiary alicyclic amines) is 1. The molecule has 6 heteroatoms. The van der Waals surface area contributed by atoms with Gasteiger partial charge in [-0.3, -0.25) is 4.90 Å². The van der Waals surface area contributed by atoms with E-state index in [0.717, 1.165) is 61.5 Å². The highest BCUT2D eigenvalue weighted by Crippen LogP contribution is 2.45. The van der Waals surface area contributed by atoms with E-state index in [1.54, 1.807) is 11.3 Å². The van der Waals surface area contributed by atoms with E-state index in [9.17, 15) is 5.11 Å². The van der Waals surface area contributed by atoms with Gasteiger partial charge in [0.1, 0.15) is 10.8 Å². The van der Waals surface area contributed by atoms with Crippen LogP contribution in [0.25, 0.3) is 11.3 Å². The maximum absolute atomic E-state index is 11.1. The topological polar surface area (TPSA) is 45.6 Å². The fourth-order valence-corrected chi connectivity index (χ4v) is 6.36. The number of rotatable bonds is 3. The van der Waals surface area contributed by atoms with Gasteiger partial charge in [0.15, 0.2) is 0 Å². The number of hydrogen-bond acceptors (Lipinski definition) is 5. The van der Waals surface area contributed by atoms with Crippen LogP contribution in [-0.2, 0) is 21.1 Å². The van der Waals surface area contributed by atoms with E-state index < -0.39 is 0 Å². The van der Waals surface area contributed by atoms with Crippen LogP contribution in [0.3, 0.4) is 0 Å². The Bertz CT molecular complexity index is 911. The Hall–Kier alpha value is -1.14. The first-order valence-electron chi connectivity index (χ1n) is 12.2. The Kier molecular flexibility index (Phi) is 7.90. The standard InChI is InChI=1S/C27H40N2O2S.ClH/c1-25(2,3)20-16-19(17-21(23(20)30)26(4,5)6)22-18-32-24(28-22)27(10-14-31-15-11-27)29-12-8-7-9-13-29;/h16-18,30H,7-15H2,1-6H3;1H. The number of aromatic nitrogens is 1. The van der Waals surface area contributed by atoms with Gasteiger partial charge in [0.2, 0.25) is 0 Å². The van der Waals surface area contributed by atoms with Gasteiger partial charge < -0.3 is 9.84 Å². The second-order valence-corrected chi connectivity index (χ2v) is 12.5. The van der Waals surface area contributed by atoms with Crippen molar-refractivity contribution in [1.29, 1.82) is 0 Å². The smallest absolute Gasteiger partial charge is 0.123 e. The summed E-state index contributed by atoms with van der Waals surface area (Å²) >= 11 is 1.80. The molecule has 0 bridgehead atoms. The van der Waals surface area contributed by atoms with Gasteiger partial charge >= 0.3 is 0 Å². The third-order valence-electron chi connectivity index (χ3n) is 7.21. The number of halogens is 1. The molecule has 2 aliphatic heterocycles. The normalized spacial score (nSPS) is 19.8. The van der Waals surface area contributed by atoms with Crippen LogP contribution >= 0.6 is 23.7 Å². The Morgan fingerprint density at radius 3 is 2.00 bits per heavy atom. The summed E-state index contributed by atoms with van der Waals surface area (Å²) in [5.74, 6) is 0.429. The fraction of sp³-hybridized carbons (Fsp3) is 0.667. The number of nitrogens with zero attached hydrogens (tertiary/aromatic N) is 2. The van der Waals surface area contributed by atoms with Crippen LogP contribution in [0.5, 0.6) is 5.75 Å². The van der Waals surface area contributed by atoms with Crippen molar-refractivity contribution in [2.24, 2.45) is 0 Å². The van der Waals surface area contributed by atoms with Crippen LogP contribution in [0.15, 0.2) is 17.5 Å². The van der Waals surface area contributed by atoms with Gasteiger partial charge in [-0.2, -0.15) is 0 Å². The number of hydrogen-bond donors (Lipinski definition) is 1. The van der Waals surface area contributed by atoms with Crippen molar-refractivity contribution in [2.75, 3.05) is 26.3 Å². The van der Waals surface area contributed by atoms with E-state index in [2.05, 4.69) is 64.0 Å². The molecule has 0 spiro atoms. The van der Waals surface area contributed by atoms with Gasteiger partial charge in [0.05, 0.1) is 11.2 Å². The monoisotopic (exact) mass is 492 g/mol. The van der Waals surface area contributed by atoms with Crippen molar-refractivity contribution in [3.05, 3.63) is 33.6 Å². The number of phenolic OH excluding ortho intramolecular Hbond substituents is 1. The van der Waals surface area contributed by atoms with Gasteiger partial charge in [0.25, 0.3) is 0 Å². The molecule has 4 nitrogen and oxygen atoms in total. The van der Waals surface area contributed by atoms with E-state index >= 15 is 0 Å². The third kappa shape index (κ3) is 5.27. The molecule has 0 unspecified atom stereocenters. The van der Waals surface area contributed by atoms with E-state index in [1.807, 2.05) is 0 Å². The predicted molar refractivity (Wildman–Crippen MR) is 141 cm³/mol. The van der Waals surface area contributed by atoms with Crippen molar-refractivity contribution in [2.45, 2.75) is 90.0 Å². The van der Waals surface area contributed by atoms with Gasteiger partial charge in [-0.1, -0.05) is 48.0 Å². The van der Waals surface area contributed by atoms with Crippen molar-refractivity contribution in [1.82, 2.24) is 9.88 Å². The number of piperidine rings is 1. The van der Waals surface area contributed by atoms with E-state index in [1.165, 1.54) is 24.3 Å². The lowest BCUT2D eigenvalue weighted by Crippen LogP contribution is -2.51. The van der Waals surface area contributed by atoms with Gasteiger partial charge in [-0.25, -0.2) is 4.98 Å². The first kappa shape index (κ1) is 26.5. The molecule has 0 atom stereocenters. The Balaban J connectivity index is 0.00000306. The zero-order valence-corrected chi connectivity index (χ0v) is 22.8. The number of benzene rings is 1. The quantitative estimate of drug-likeness (QED) is 0.499. The summed E-state index contributed by atoms with van der Waals surface area (Å²) in [6.07, 6.45) is 5.95. The summed E-state index contributed by atoms with van der Waals surface area (Å²) in [5, 5.41) is 14.6. The van der Waals surface area contributed by atoms with Gasteiger partial charge in [-0.15, -0.1) is 23.7 Å². The highest BCUT2D eigenvalue weighted by molar-refractivity contribution is 7.10. The summed E-state index contributed by atoms with van der Waals surface area (Å²) < 4.78 is 5.77. The van der Waals surface area contributed by atoms with Crippen molar-refractivity contribution >= 4 is 23.7 Å². The molecule has 0 aliphatic carbocycles. The summed E-state index contributed by atoms with van der Waals surface area (Å²) in [5.41, 5.74) is 3.85. The van der Waals surface area contributed by atoms with Gasteiger partial charge in [-0.05, 0) is 61.7 Å². The largest absolute Gasteiger partial charge is 0.507 e. The molecule has 184 valence electrons. The SMILES string of the molecule is CC(C)(C)c1cc(-c2csc(C3(N4CCCCC4)CCOCC3)n2)cc(C(C)(C)C)c1O.Cl. The second kappa shape index (κ2) is 9.85. The van der Waals surface area contributed by atoms with Crippen LogP contribution in [0.4, 0.5) is 0 Å². The third-order valence-corrected chi connectivity index (χ3v) is 8.24. The van der Waals surface area contributed by atoms with E-state index in [-0.39, 0.29) is 28.8 Å². The van der Waals surface area contributed by atoms with Crippen LogP contribution in [0.1, 0.15) is 89.8 Å².